The van der Waals surface area contributed by atoms with Crippen LogP contribution in [0, 0.1) is 6.92 Å². The van der Waals surface area contributed by atoms with Gasteiger partial charge in [0, 0.05) is 11.3 Å². The molecule has 3 aromatic rings. The minimum Gasteiger partial charge on any atom is -0.447 e. The van der Waals surface area contributed by atoms with Crippen molar-refractivity contribution in [3.05, 3.63) is 83.9 Å². The van der Waals surface area contributed by atoms with E-state index in [1.807, 2.05) is 19.1 Å². The molecule has 0 atom stereocenters. The molecule has 0 aliphatic carbocycles. The maximum absolute atomic E-state index is 12.7. The molecule has 0 aromatic heterocycles. The number of carbonyl (C=O) groups is 2. The highest BCUT2D eigenvalue weighted by Crippen LogP contribution is 2.28. The lowest BCUT2D eigenvalue weighted by atomic mass is 10.2. The number of nitrogens with zero attached hydrogens (tertiary/aromatic N) is 1. The maximum Gasteiger partial charge on any atom is 0.414 e. The smallest absolute Gasteiger partial charge is 0.414 e. The fourth-order valence-corrected chi connectivity index (χ4v) is 4.30. The van der Waals surface area contributed by atoms with Crippen LogP contribution in [0.3, 0.4) is 0 Å². The fourth-order valence-electron chi connectivity index (χ4n) is 3.24. The van der Waals surface area contributed by atoms with E-state index in [1.54, 1.807) is 36.4 Å². The Bertz CT molecular complexity index is 1260. The molecule has 164 valence electrons. The molecule has 32 heavy (non-hydrogen) atoms. The predicted octanol–water partition coefficient (Wildman–Crippen LogP) is 4.00. The van der Waals surface area contributed by atoms with E-state index in [2.05, 4.69) is 10.0 Å². The van der Waals surface area contributed by atoms with Crippen molar-refractivity contribution in [3.63, 3.8) is 0 Å². The first-order valence-electron chi connectivity index (χ1n) is 9.88. The summed E-state index contributed by atoms with van der Waals surface area (Å²) in [5, 5.41) is 2.77. The lowest BCUT2D eigenvalue weighted by molar-refractivity contribution is 0.102. The molecular formula is C23H21N3O5S. The second-order valence-corrected chi connectivity index (χ2v) is 8.92. The molecule has 2 N–H and O–H groups in total. The van der Waals surface area contributed by atoms with Gasteiger partial charge < -0.3 is 10.1 Å². The SMILES string of the molecule is Cc1ccc(NS(=O)(=O)c2ccc(C(=O)Nc3ccccc3N3CCOC3=O)cc2)cc1. The highest BCUT2D eigenvalue weighted by molar-refractivity contribution is 7.92. The Hall–Kier alpha value is -3.85. The largest absolute Gasteiger partial charge is 0.447 e. The first-order valence-corrected chi connectivity index (χ1v) is 11.4. The lowest BCUT2D eigenvalue weighted by Gasteiger charge is -2.17. The van der Waals surface area contributed by atoms with E-state index in [-0.39, 0.29) is 17.1 Å². The number of carbonyl (C=O) groups excluding carboxylic acids is 2. The van der Waals surface area contributed by atoms with Crippen molar-refractivity contribution in [2.75, 3.05) is 28.1 Å². The number of aryl methyl sites for hydroxylation is 1. The standard InChI is InChI=1S/C23H21N3O5S/c1-16-6-10-18(11-7-16)25-32(29,30)19-12-8-17(9-13-19)22(27)24-20-4-2-3-5-21(20)26-14-15-31-23(26)28/h2-13,25H,14-15H2,1H3,(H,24,27). The highest BCUT2D eigenvalue weighted by atomic mass is 32.2. The number of hydrogen-bond acceptors (Lipinski definition) is 5. The van der Waals surface area contributed by atoms with E-state index >= 15 is 0 Å². The summed E-state index contributed by atoms with van der Waals surface area (Å²) in [4.78, 5) is 26.1. The Balaban J connectivity index is 1.49. The normalized spacial score (nSPS) is 13.5. The van der Waals surface area contributed by atoms with Crippen molar-refractivity contribution in [1.82, 2.24) is 0 Å². The van der Waals surface area contributed by atoms with Gasteiger partial charge in [-0.05, 0) is 55.5 Å². The number of amides is 2. The Labute approximate surface area is 185 Å². The van der Waals surface area contributed by atoms with Gasteiger partial charge in [-0.1, -0.05) is 29.8 Å². The van der Waals surface area contributed by atoms with Crippen LogP contribution in [0.4, 0.5) is 21.9 Å². The van der Waals surface area contributed by atoms with Crippen LogP contribution in [0.25, 0.3) is 0 Å². The third-order valence-electron chi connectivity index (χ3n) is 4.93. The zero-order valence-electron chi connectivity index (χ0n) is 17.2. The monoisotopic (exact) mass is 451 g/mol. The second kappa shape index (κ2) is 8.72. The molecule has 1 aliphatic heterocycles. The van der Waals surface area contributed by atoms with Gasteiger partial charge in [-0.15, -0.1) is 0 Å². The van der Waals surface area contributed by atoms with E-state index in [0.29, 0.717) is 23.6 Å². The van der Waals surface area contributed by atoms with Gasteiger partial charge in [-0.25, -0.2) is 13.2 Å². The molecule has 1 aliphatic rings. The molecule has 2 amide bonds. The van der Waals surface area contributed by atoms with Gasteiger partial charge in [-0.2, -0.15) is 0 Å². The first-order chi connectivity index (χ1) is 15.3. The molecular weight excluding hydrogens is 430 g/mol. The zero-order chi connectivity index (χ0) is 22.7. The topological polar surface area (TPSA) is 105 Å². The van der Waals surface area contributed by atoms with Crippen LogP contribution in [-0.2, 0) is 14.8 Å². The Morgan fingerprint density at radius 1 is 0.969 bits per heavy atom. The van der Waals surface area contributed by atoms with Gasteiger partial charge in [0.05, 0.1) is 22.8 Å². The molecule has 8 nitrogen and oxygen atoms in total. The summed E-state index contributed by atoms with van der Waals surface area (Å²) in [6, 6.07) is 19.5. The number of benzene rings is 3. The number of para-hydroxylation sites is 2. The van der Waals surface area contributed by atoms with Crippen molar-refractivity contribution in [2.24, 2.45) is 0 Å². The molecule has 1 saturated heterocycles. The van der Waals surface area contributed by atoms with Gasteiger partial charge in [0.2, 0.25) is 0 Å². The average molecular weight is 452 g/mol. The summed E-state index contributed by atoms with van der Waals surface area (Å²) in [6.45, 7) is 2.59. The summed E-state index contributed by atoms with van der Waals surface area (Å²) in [6.07, 6.45) is -0.470. The lowest BCUT2D eigenvalue weighted by Crippen LogP contribution is -2.25. The highest BCUT2D eigenvalue weighted by Gasteiger charge is 2.26. The van der Waals surface area contributed by atoms with Crippen LogP contribution in [0.1, 0.15) is 15.9 Å². The maximum atomic E-state index is 12.7. The van der Waals surface area contributed by atoms with Crippen LogP contribution in [-0.4, -0.2) is 33.6 Å². The molecule has 0 saturated carbocycles. The van der Waals surface area contributed by atoms with Crippen LogP contribution in [0.15, 0.2) is 77.7 Å². The number of ether oxygens (including phenoxy) is 1. The molecule has 4 rings (SSSR count). The second-order valence-electron chi connectivity index (χ2n) is 7.23. The van der Waals surface area contributed by atoms with Crippen LogP contribution in [0.5, 0.6) is 0 Å². The third-order valence-corrected chi connectivity index (χ3v) is 6.33. The molecule has 3 aromatic carbocycles. The van der Waals surface area contributed by atoms with Crippen molar-refractivity contribution in [2.45, 2.75) is 11.8 Å². The molecule has 0 bridgehead atoms. The van der Waals surface area contributed by atoms with E-state index in [9.17, 15) is 18.0 Å². The Morgan fingerprint density at radius 3 is 2.31 bits per heavy atom. The Kier molecular flexibility index (Phi) is 5.83. The number of anilines is 3. The van der Waals surface area contributed by atoms with Crippen LogP contribution >= 0.6 is 0 Å². The number of rotatable bonds is 6. The summed E-state index contributed by atoms with van der Waals surface area (Å²) in [7, 11) is -3.79. The molecule has 1 fully saturated rings. The fraction of sp³-hybridized carbons (Fsp3) is 0.130. The van der Waals surface area contributed by atoms with Crippen molar-refractivity contribution >= 4 is 39.1 Å². The van der Waals surface area contributed by atoms with Gasteiger partial charge in [0.15, 0.2) is 0 Å². The van der Waals surface area contributed by atoms with Crippen molar-refractivity contribution in [1.29, 1.82) is 0 Å². The third kappa shape index (κ3) is 4.57. The van der Waals surface area contributed by atoms with Gasteiger partial charge in [-0.3, -0.25) is 14.4 Å². The summed E-state index contributed by atoms with van der Waals surface area (Å²) in [5.74, 6) is -0.430. The minimum absolute atomic E-state index is 0.0369. The minimum atomic E-state index is -3.79. The number of nitrogens with one attached hydrogen (secondary N) is 2. The average Bonchev–Trinajstić information content (AvgIpc) is 3.21. The zero-order valence-corrected chi connectivity index (χ0v) is 18.1. The van der Waals surface area contributed by atoms with E-state index < -0.39 is 22.0 Å². The van der Waals surface area contributed by atoms with Gasteiger partial charge in [0.1, 0.15) is 6.61 Å². The van der Waals surface area contributed by atoms with Crippen molar-refractivity contribution in [3.8, 4) is 0 Å². The number of hydrogen-bond donors (Lipinski definition) is 2. The molecule has 0 radical (unpaired) electrons. The molecule has 9 heteroatoms. The van der Waals surface area contributed by atoms with Crippen molar-refractivity contribution < 1.29 is 22.7 Å². The van der Waals surface area contributed by atoms with E-state index in [4.69, 9.17) is 4.74 Å². The first kappa shape index (κ1) is 21.4. The molecule has 0 unspecified atom stereocenters. The molecule has 0 spiro atoms. The number of cyclic esters (lactones) is 1. The Morgan fingerprint density at radius 2 is 1.66 bits per heavy atom. The van der Waals surface area contributed by atoms with Crippen LogP contribution < -0.4 is 14.9 Å². The van der Waals surface area contributed by atoms with E-state index in [1.165, 1.54) is 29.2 Å². The van der Waals surface area contributed by atoms with Crippen LogP contribution in [0.2, 0.25) is 0 Å². The predicted molar refractivity (Wildman–Crippen MR) is 122 cm³/mol. The summed E-state index contributed by atoms with van der Waals surface area (Å²) < 4.78 is 32.7. The van der Waals surface area contributed by atoms with Gasteiger partial charge >= 0.3 is 6.09 Å². The summed E-state index contributed by atoms with van der Waals surface area (Å²) >= 11 is 0. The van der Waals surface area contributed by atoms with Gasteiger partial charge in [0.25, 0.3) is 15.9 Å². The quantitative estimate of drug-likeness (QED) is 0.589. The summed E-state index contributed by atoms with van der Waals surface area (Å²) in [5.41, 5.74) is 2.73. The van der Waals surface area contributed by atoms with E-state index in [0.717, 1.165) is 5.56 Å². The molecule has 1 heterocycles. The number of sulfonamides is 1.